The van der Waals surface area contributed by atoms with Crippen LogP contribution < -0.4 is 5.32 Å². The molecule has 0 saturated carbocycles. The zero-order valence-electron chi connectivity index (χ0n) is 10.8. The van der Waals surface area contributed by atoms with Gasteiger partial charge in [-0.15, -0.1) is 0 Å². The number of H-pyrrole nitrogens is 1. The fourth-order valence-corrected chi connectivity index (χ4v) is 2.34. The van der Waals surface area contributed by atoms with Crippen molar-refractivity contribution in [2.75, 3.05) is 13.1 Å². The van der Waals surface area contributed by atoms with Crippen molar-refractivity contribution in [3.63, 3.8) is 0 Å². The first-order valence-corrected chi connectivity index (χ1v) is 6.37. The molecule has 0 bridgehead atoms. The number of carbonyl (C=O) groups excluding carboxylic acids is 2. The lowest BCUT2D eigenvalue weighted by Gasteiger charge is -2.26. The fraction of sp³-hybridized carbons (Fsp3) is 0.538. The molecule has 1 aliphatic heterocycles. The Balaban J connectivity index is 2.19. The van der Waals surface area contributed by atoms with E-state index in [4.69, 9.17) is 0 Å². The van der Waals surface area contributed by atoms with Crippen LogP contribution in [0.1, 0.15) is 36.3 Å². The Morgan fingerprint density at radius 3 is 3.06 bits per heavy atom. The first-order chi connectivity index (χ1) is 8.63. The summed E-state index contributed by atoms with van der Waals surface area (Å²) in [7, 11) is 0. The molecule has 0 aromatic carbocycles. The number of rotatable bonds is 2. The van der Waals surface area contributed by atoms with Crippen LogP contribution in [0.15, 0.2) is 12.3 Å². The molecule has 2 rings (SSSR count). The summed E-state index contributed by atoms with van der Waals surface area (Å²) in [6, 6.07) is 1.76. The van der Waals surface area contributed by atoms with Crippen LogP contribution in [0.5, 0.6) is 0 Å². The lowest BCUT2D eigenvalue weighted by atomic mass is 10.1. The van der Waals surface area contributed by atoms with Crippen molar-refractivity contribution < 1.29 is 9.59 Å². The monoisotopic (exact) mass is 249 g/mol. The highest BCUT2D eigenvalue weighted by atomic mass is 16.2. The first kappa shape index (κ1) is 12.7. The van der Waals surface area contributed by atoms with Gasteiger partial charge in [-0.05, 0) is 19.4 Å². The molecule has 0 radical (unpaired) electrons. The topological polar surface area (TPSA) is 65.2 Å². The van der Waals surface area contributed by atoms with E-state index in [1.165, 1.54) is 0 Å². The van der Waals surface area contributed by atoms with E-state index in [2.05, 4.69) is 10.3 Å². The molecule has 2 amide bonds. The second-order valence-corrected chi connectivity index (χ2v) is 4.63. The average Bonchev–Trinajstić information content (AvgIpc) is 2.75. The van der Waals surface area contributed by atoms with Crippen LogP contribution in [0.25, 0.3) is 0 Å². The molecule has 1 aromatic heterocycles. The van der Waals surface area contributed by atoms with Crippen LogP contribution in [0.4, 0.5) is 0 Å². The van der Waals surface area contributed by atoms with Crippen LogP contribution in [0, 0.1) is 0 Å². The molecular formula is C13H19N3O2. The zero-order chi connectivity index (χ0) is 13.1. The van der Waals surface area contributed by atoms with Crippen molar-refractivity contribution in [3.05, 3.63) is 23.5 Å². The number of nitrogens with zero attached hydrogens (tertiary/aromatic N) is 1. The minimum absolute atomic E-state index is 0.0112. The maximum absolute atomic E-state index is 12.5. The van der Waals surface area contributed by atoms with Gasteiger partial charge in [-0.25, -0.2) is 0 Å². The molecule has 18 heavy (non-hydrogen) atoms. The van der Waals surface area contributed by atoms with Crippen molar-refractivity contribution in [2.24, 2.45) is 0 Å². The molecule has 5 nitrogen and oxygen atoms in total. The van der Waals surface area contributed by atoms with E-state index >= 15 is 0 Å². The number of amides is 2. The Bertz CT molecular complexity index is 453. The van der Waals surface area contributed by atoms with E-state index in [-0.39, 0.29) is 17.9 Å². The van der Waals surface area contributed by atoms with Crippen LogP contribution >= 0.6 is 0 Å². The van der Waals surface area contributed by atoms with Gasteiger partial charge in [0.15, 0.2) is 0 Å². The minimum atomic E-state index is -0.0559. The fourth-order valence-electron chi connectivity index (χ4n) is 2.34. The van der Waals surface area contributed by atoms with Crippen LogP contribution in [-0.2, 0) is 11.2 Å². The van der Waals surface area contributed by atoms with E-state index in [9.17, 15) is 9.59 Å². The molecular weight excluding hydrogens is 230 g/mol. The molecule has 1 unspecified atom stereocenters. The van der Waals surface area contributed by atoms with Gasteiger partial charge in [0, 0.05) is 37.4 Å². The second kappa shape index (κ2) is 5.25. The third-order valence-corrected chi connectivity index (χ3v) is 3.37. The van der Waals surface area contributed by atoms with Gasteiger partial charge < -0.3 is 15.2 Å². The number of aromatic nitrogens is 1. The molecule has 2 heterocycles. The maximum atomic E-state index is 12.5. The van der Waals surface area contributed by atoms with E-state index in [0.29, 0.717) is 19.5 Å². The number of aryl methyl sites for hydroxylation is 1. The van der Waals surface area contributed by atoms with Gasteiger partial charge in [0.25, 0.3) is 5.91 Å². The van der Waals surface area contributed by atoms with Gasteiger partial charge in [-0.1, -0.05) is 6.92 Å². The summed E-state index contributed by atoms with van der Waals surface area (Å²) >= 11 is 0. The van der Waals surface area contributed by atoms with Gasteiger partial charge in [0.05, 0.1) is 5.56 Å². The first-order valence-electron chi connectivity index (χ1n) is 6.37. The highest BCUT2D eigenvalue weighted by Crippen LogP contribution is 2.15. The van der Waals surface area contributed by atoms with Crippen molar-refractivity contribution in [3.8, 4) is 0 Å². The summed E-state index contributed by atoms with van der Waals surface area (Å²) in [6.45, 7) is 5.03. The largest absolute Gasteiger partial charge is 0.364 e. The van der Waals surface area contributed by atoms with E-state index < -0.39 is 0 Å². The van der Waals surface area contributed by atoms with Gasteiger partial charge in [-0.2, -0.15) is 0 Å². The normalized spacial score (nSPS) is 20.4. The summed E-state index contributed by atoms with van der Waals surface area (Å²) in [4.78, 5) is 28.8. The lowest BCUT2D eigenvalue weighted by molar-refractivity contribution is -0.121. The Labute approximate surface area is 107 Å². The Morgan fingerprint density at radius 2 is 2.33 bits per heavy atom. The lowest BCUT2D eigenvalue weighted by Crippen LogP contribution is -2.39. The molecule has 0 aliphatic carbocycles. The van der Waals surface area contributed by atoms with Gasteiger partial charge in [-0.3, -0.25) is 9.59 Å². The third-order valence-electron chi connectivity index (χ3n) is 3.37. The van der Waals surface area contributed by atoms with E-state index in [1.807, 2.05) is 19.9 Å². The average molecular weight is 249 g/mol. The van der Waals surface area contributed by atoms with Crippen molar-refractivity contribution in [2.45, 2.75) is 32.7 Å². The van der Waals surface area contributed by atoms with E-state index in [0.717, 1.165) is 17.7 Å². The van der Waals surface area contributed by atoms with E-state index in [1.54, 1.807) is 11.1 Å². The molecule has 1 saturated heterocycles. The number of carbonyl (C=O) groups is 2. The molecule has 5 heteroatoms. The minimum Gasteiger partial charge on any atom is -0.364 e. The van der Waals surface area contributed by atoms with Gasteiger partial charge in [0.1, 0.15) is 0 Å². The van der Waals surface area contributed by atoms with Crippen LogP contribution in [-0.4, -0.2) is 40.8 Å². The Hall–Kier alpha value is -1.78. The summed E-state index contributed by atoms with van der Waals surface area (Å²) in [5.74, 6) is 0.0275. The highest BCUT2D eigenvalue weighted by molar-refractivity contribution is 5.96. The SMILES string of the molecule is CCc1[nH]ccc1C(=O)N1CCNC(=O)CC1C. The van der Waals surface area contributed by atoms with Crippen molar-refractivity contribution in [1.82, 2.24) is 15.2 Å². The molecule has 1 atom stereocenters. The number of hydrogen-bond acceptors (Lipinski definition) is 2. The summed E-state index contributed by atoms with van der Waals surface area (Å²) in [6.07, 6.45) is 2.96. The van der Waals surface area contributed by atoms with Crippen LogP contribution in [0.3, 0.4) is 0 Å². The quantitative estimate of drug-likeness (QED) is 0.819. The molecule has 98 valence electrons. The molecule has 1 fully saturated rings. The number of hydrogen-bond donors (Lipinski definition) is 2. The molecule has 1 aromatic rings. The third kappa shape index (κ3) is 2.39. The van der Waals surface area contributed by atoms with Crippen molar-refractivity contribution >= 4 is 11.8 Å². The number of aromatic amines is 1. The Kier molecular flexibility index (Phi) is 3.69. The standard InChI is InChI=1S/C13H19N3O2/c1-3-11-10(4-5-14-11)13(18)16-7-6-15-12(17)8-9(16)2/h4-5,9,14H,3,6-8H2,1-2H3,(H,15,17). The zero-order valence-corrected chi connectivity index (χ0v) is 10.8. The number of nitrogens with one attached hydrogen (secondary N) is 2. The summed E-state index contributed by atoms with van der Waals surface area (Å²) in [5.41, 5.74) is 1.68. The predicted molar refractivity (Wildman–Crippen MR) is 68.3 cm³/mol. The predicted octanol–water partition coefficient (Wildman–Crippen LogP) is 0.928. The summed E-state index contributed by atoms with van der Waals surface area (Å²) in [5, 5.41) is 2.79. The van der Waals surface area contributed by atoms with Crippen molar-refractivity contribution in [1.29, 1.82) is 0 Å². The Morgan fingerprint density at radius 1 is 1.56 bits per heavy atom. The van der Waals surface area contributed by atoms with Gasteiger partial charge >= 0.3 is 0 Å². The smallest absolute Gasteiger partial charge is 0.255 e. The second-order valence-electron chi connectivity index (χ2n) is 4.63. The summed E-state index contributed by atoms with van der Waals surface area (Å²) < 4.78 is 0. The van der Waals surface area contributed by atoms with Gasteiger partial charge in [0.2, 0.25) is 5.91 Å². The molecule has 2 N–H and O–H groups in total. The van der Waals surface area contributed by atoms with Crippen LogP contribution in [0.2, 0.25) is 0 Å². The maximum Gasteiger partial charge on any atom is 0.255 e. The highest BCUT2D eigenvalue weighted by Gasteiger charge is 2.27. The molecule has 1 aliphatic rings. The molecule has 0 spiro atoms.